The first-order valence-corrected chi connectivity index (χ1v) is 7.86. The highest BCUT2D eigenvalue weighted by atomic mass is 19.1. The van der Waals surface area contributed by atoms with Gasteiger partial charge in [0.25, 0.3) is 0 Å². The third-order valence-corrected chi connectivity index (χ3v) is 4.35. The number of benzene rings is 1. The summed E-state index contributed by atoms with van der Waals surface area (Å²) in [6.45, 7) is 4.97. The lowest BCUT2D eigenvalue weighted by Gasteiger charge is -2.32. The number of hydrogen-bond donors (Lipinski definition) is 1. The fourth-order valence-corrected chi connectivity index (χ4v) is 2.71. The van der Waals surface area contributed by atoms with Crippen molar-refractivity contribution in [2.75, 3.05) is 26.7 Å². The van der Waals surface area contributed by atoms with Gasteiger partial charge in [-0.1, -0.05) is 18.2 Å². The van der Waals surface area contributed by atoms with Crippen LogP contribution >= 0.6 is 0 Å². The summed E-state index contributed by atoms with van der Waals surface area (Å²) in [5.41, 5.74) is 0.753. The van der Waals surface area contributed by atoms with Gasteiger partial charge in [-0.05, 0) is 44.8 Å². The van der Waals surface area contributed by atoms with Gasteiger partial charge in [0.2, 0.25) is 5.91 Å². The van der Waals surface area contributed by atoms with Crippen molar-refractivity contribution >= 4 is 5.91 Å². The van der Waals surface area contributed by atoms with E-state index in [-0.39, 0.29) is 11.7 Å². The molecule has 1 aliphatic rings. The zero-order valence-electron chi connectivity index (χ0n) is 13.3. The Morgan fingerprint density at radius 3 is 2.73 bits per heavy atom. The fraction of sp³-hybridized carbons (Fsp3) is 0.588. The maximum Gasteiger partial charge on any atom is 0.248 e. The summed E-state index contributed by atoms with van der Waals surface area (Å²) < 4.78 is 18.6. The molecule has 122 valence electrons. The van der Waals surface area contributed by atoms with Gasteiger partial charge in [-0.15, -0.1) is 0 Å². The Hall–Kier alpha value is -1.46. The first-order chi connectivity index (χ1) is 10.6. The molecule has 1 aromatic carbocycles. The molecule has 0 unspecified atom stereocenters. The predicted molar refractivity (Wildman–Crippen MR) is 83.9 cm³/mol. The van der Waals surface area contributed by atoms with Crippen LogP contribution in [0.15, 0.2) is 24.3 Å². The number of halogens is 1. The number of nitrogens with one attached hydrogen (secondary N) is 1. The molecule has 1 heterocycles. The topological polar surface area (TPSA) is 41.6 Å². The Balaban J connectivity index is 1.72. The van der Waals surface area contributed by atoms with Crippen LogP contribution in [0.25, 0.3) is 0 Å². The van der Waals surface area contributed by atoms with Crippen molar-refractivity contribution in [2.45, 2.75) is 32.4 Å². The molecule has 0 radical (unpaired) electrons. The van der Waals surface area contributed by atoms with Crippen molar-refractivity contribution in [3.8, 4) is 0 Å². The molecule has 4 nitrogen and oxygen atoms in total. The van der Waals surface area contributed by atoms with Gasteiger partial charge in [0.05, 0.1) is 0 Å². The van der Waals surface area contributed by atoms with E-state index in [4.69, 9.17) is 4.74 Å². The highest BCUT2D eigenvalue weighted by Crippen LogP contribution is 2.19. The number of rotatable bonds is 6. The average Bonchev–Trinajstić information content (AvgIpc) is 2.55. The molecule has 1 aliphatic heterocycles. The van der Waals surface area contributed by atoms with Crippen LogP contribution in [0.2, 0.25) is 0 Å². The zero-order valence-corrected chi connectivity index (χ0v) is 13.3. The van der Waals surface area contributed by atoms with Gasteiger partial charge < -0.3 is 10.1 Å². The molecule has 1 atom stereocenters. The number of piperidine rings is 1. The van der Waals surface area contributed by atoms with Crippen LogP contribution in [0.5, 0.6) is 0 Å². The van der Waals surface area contributed by atoms with Gasteiger partial charge >= 0.3 is 0 Å². The number of carbonyl (C=O) groups excluding carboxylic acids is 1. The lowest BCUT2D eigenvalue weighted by molar-refractivity contribution is -0.130. The quantitative estimate of drug-likeness (QED) is 0.876. The summed E-state index contributed by atoms with van der Waals surface area (Å²) in [7, 11) is 1.53. The van der Waals surface area contributed by atoms with Crippen molar-refractivity contribution in [1.29, 1.82) is 0 Å². The molecular weight excluding hydrogens is 283 g/mol. The van der Waals surface area contributed by atoms with Crippen molar-refractivity contribution in [2.24, 2.45) is 5.92 Å². The Morgan fingerprint density at radius 1 is 1.41 bits per heavy atom. The van der Waals surface area contributed by atoms with E-state index >= 15 is 0 Å². The smallest absolute Gasteiger partial charge is 0.248 e. The summed E-state index contributed by atoms with van der Waals surface area (Å²) >= 11 is 0. The molecule has 0 saturated carbocycles. The molecule has 2 rings (SSSR count). The summed E-state index contributed by atoms with van der Waals surface area (Å²) in [6, 6.07) is 6.94. The largest absolute Gasteiger partial charge is 0.372 e. The van der Waals surface area contributed by atoms with E-state index in [0.29, 0.717) is 19.0 Å². The Kier molecular flexibility index (Phi) is 6.34. The van der Waals surface area contributed by atoms with Crippen LogP contribution in [0.1, 0.15) is 25.3 Å². The monoisotopic (exact) mass is 308 g/mol. The van der Waals surface area contributed by atoms with E-state index < -0.39 is 6.10 Å². The molecule has 1 fully saturated rings. The maximum absolute atomic E-state index is 13.7. The third kappa shape index (κ3) is 4.78. The molecule has 1 N–H and O–H groups in total. The van der Waals surface area contributed by atoms with Gasteiger partial charge in [-0.2, -0.15) is 0 Å². The molecule has 1 saturated heterocycles. The molecule has 0 aliphatic carbocycles. The fourth-order valence-electron chi connectivity index (χ4n) is 2.71. The molecule has 1 aromatic rings. The molecular formula is C17H25FN2O2. The van der Waals surface area contributed by atoms with Gasteiger partial charge in [0.15, 0.2) is 0 Å². The van der Waals surface area contributed by atoms with Crippen LogP contribution in [0, 0.1) is 11.7 Å². The number of amides is 1. The van der Waals surface area contributed by atoms with Crippen LogP contribution in [-0.4, -0.2) is 43.7 Å². The normalized spacial score (nSPS) is 18.1. The number of likely N-dealkylation sites (tertiary alicyclic amines) is 1. The van der Waals surface area contributed by atoms with Crippen LogP contribution in [0.3, 0.4) is 0 Å². The van der Waals surface area contributed by atoms with E-state index in [1.807, 2.05) is 12.1 Å². The van der Waals surface area contributed by atoms with Gasteiger partial charge in [0.1, 0.15) is 11.9 Å². The minimum atomic E-state index is -0.402. The Morgan fingerprint density at radius 2 is 2.09 bits per heavy atom. The van der Waals surface area contributed by atoms with E-state index in [9.17, 15) is 9.18 Å². The summed E-state index contributed by atoms with van der Waals surface area (Å²) in [6.07, 6.45) is 1.65. The minimum absolute atomic E-state index is 0.0590. The first kappa shape index (κ1) is 16.9. The van der Waals surface area contributed by atoms with Crippen molar-refractivity contribution < 1.29 is 13.9 Å². The standard InChI is InChI=1S/C17H25FN2O2/c1-13(22-2)17(21)19-11-14-7-9-20(10-8-14)12-15-5-3-4-6-16(15)18/h3-6,13-14H,7-12H2,1-2H3,(H,19,21)/t13-/m1/s1. The molecule has 22 heavy (non-hydrogen) atoms. The number of hydrogen-bond acceptors (Lipinski definition) is 3. The molecule has 0 spiro atoms. The van der Waals surface area contributed by atoms with Crippen LogP contribution in [0.4, 0.5) is 4.39 Å². The number of nitrogens with zero attached hydrogens (tertiary/aromatic N) is 1. The minimum Gasteiger partial charge on any atom is -0.372 e. The van der Waals surface area contributed by atoms with Crippen LogP contribution < -0.4 is 5.32 Å². The lowest BCUT2D eigenvalue weighted by atomic mass is 9.96. The second kappa shape index (κ2) is 8.25. The number of methoxy groups -OCH3 is 1. The lowest BCUT2D eigenvalue weighted by Crippen LogP contribution is -2.41. The molecule has 5 heteroatoms. The molecule has 0 bridgehead atoms. The summed E-state index contributed by atoms with van der Waals surface area (Å²) in [4.78, 5) is 13.9. The van der Waals surface area contributed by atoms with Crippen LogP contribution in [-0.2, 0) is 16.1 Å². The SMILES string of the molecule is CO[C@H](C)C(=O)NCC1CCN(Cc2ccccc2F)CC1. The maximum atomic E-state index is 13.7. The van der Waals surface area contributed by atoms with Gasteiger partial charge in [-0.3, -0.25) is 9.69 Å². The Labute approximate surface area is 131 Å². The first-order valence-electron chi connectivity index (χ1n) is 7.86. The molecule has 1 amide bonds. The molecule has 0 aromatic heterocycles. The number of ether oxygens (including phenoxy) is 1. The third-order valence-electron chi connectivity index (χ3n) is 4.35. The summed E-state index contributed by atoms with van der Waals surface area (Å²) in [5, 5.41) is 2.93. The highest BCUT2D eigenvalue weighted by Gasteiger charge is 2.21. The second-order valence-corrected chi connectivity index (χ2v) is 5.93. The van der Waals surface area contributed by atoms with E-state index in [2.05, 4.69) is 10.2 Å². The summed E-state index contributed by atoms with van der Waals surface area (Å²) in [5.74, 6) is 0.298. The van der Waals surface area contributed by atoms with Crippen molar-refractivity contribution in [3.05, 3.63) is 35.6 Å². The van der Waals surface area contributed by atoms with E-state index in [1.165, 1.54) is 13.2 Å². The van der Waals surface area contributed by atoms with Gasteiger partial charge in [0, 0.05) is 25.8 Å². The average molecular weight is 308 g/mol. The van der Waals surface area contributed by atoms with E-state index in [0.717, 1.165) is 31.5 Å². The van der Waals surface area contributed by atoms with E-state index in [1.54, 1.807) is 13.0 Å². The van der Waals surface area contributed by atoms with Crippen molar-refractivity contribution in [3.63, 3.8) is 0 Å². The van der Waals surface area contributed by atoms with Gasteiger partial charge in [-0.25, -0.2) is 4.39 Å². The highest BCUT2D eigenvalue weighted by molar-refractivity contribution is 5.80. The zero-order chi connectivity index (χ0) is 15.9. The Bertz CT molecular complexity index is 487. The second-order valence-electron chi connectivity index (χ2n) is 5.93. The number of carbonyl (C=O) groups is 1. The van der Waals surface area contributed by atoms with Crippen molar-refractivity contribution in [1.82, 2.24) is 10.2 Å². The predicted octanol–water partition coefficient (Wildman–Crippen LogP) is 2.19.